The summed E-state index contributed by atoms with van der Waals surface area (Å²) in [7, 11) is 0. The van der Waals surface area contributed by atoms with E-state index in [4.69, 9.17) is 4.74 Å². The molecule has 2 aromatic rings. The highest BCUT2D eigenvalue weighted by atomic mass is 19.4. The van der Waals surface area contributed by atoms with Crippen LogP contribution < -0.4 is 10.6 Å². The number of hydrogen-bond donors (Lipinski definition) is 2. The van der Waals surface area contributed by atoms with E-state index in [1.165, 1.54) is 29.2 Å². The topological polar surface area (TPSA) is 81.1 Å². The second kappa shape index (κ2) is 8.60. The molecule has 31 heavy (non-hydrogen) atoms. The number of pyridine rings is 1. The zero-order valence-corrected chi connectivity index (χ0v) is 16.1. The zero-order chi connectivity index (χ0) is 22.0. The largest absolute Gasteiger partial charge is 0.433 e. The van der Waals surface area contributed by atoms with E-state index in [0.717, 1.165) is 18.8 Å². The molecule has 4 rings (SSSR count). The number of morpholine rings is 1. The summed E-state index contributed by atoms with van der Waals surface area (Å²) in [6.07, 6.45) is 2.12. The smallest absolute Gasteiger partial charge is 0.375 e. The van der Waals surface area contributed by atoms with Crippen LogP contribution in [0.3, 0.4) is 0 Å². The average molecular weight is 437 g/mol. The lowest BCUT2D eigenvalue weighted by Crippen LogP contribution is -2.45. The molecule has 1 aliphatic heterocycles. The van der Waals surface area contributed by atoms with Crippen LogP contribution in [0, 0.1) is 5.92 Å². The molecule has 0 bridgehead atoms. The van der Waals surface area contributed by atoms with Crippen molar-refractivity contribution in [3.63, 3.8) is 0 Å². The summed E-state index contributed by atoms with van der Waals surface area (Å²) in [5.74, 6) is -0.966. The lowest BCUT2D eigenvalue weighted by atomic mass is 9.91. The molecule has 1 aliphatic carbocycles. The van der Waals surface area contributed by atoms with Crippen molar-refractivity contribution in [3.05, 3.63) is 65.9 Å². The lowest BCUT2D eigenvalue weighted by Gasteiger charge is -2.32. The number of alkyl halides is 4. The molecule has 2 aromatic heterocycles. The summed E-state index contributed by atoms with van der Waals surface area (Å²) in [6.45, 7) is 1.81. The van der Waals surface area contributed by atoms with Crippen LogP contribution in [0.1, 0.15) is 16.1 Å². The van der Waals surface area contributed by atoms with E-state index in [9.17, 15) is 22.4 Å². The highest BCUT2D eigenvalue weighted by molar-refractivity contribution is 5.95. The number of halogens is 4. The molecular weight excluding hydrogens is 418 g/mol. The number of amides is 1. The number of nitrogens with zero attached hydrogens (tertiary/aromatic N) is 3. The van der Waals surface area contributed by atoms with Gasteiger partial charge in [0.15, 0.2) is 0 Å². The van der Waals surface area contributed by atoms with Gasteiger partial charge in [-0.1, -0.05) is 6.08 Å². The van der Waals surface area contributed by atoms with Crippen LogP contribution in [0.25, 0.3) is 5.69 Å². The van der Waals surface area contributed by atoms with Gasteiger partial charge < -0.3 is 15.4 Å². The van der Waals surface area contributed by atoms with Gasteiger partial charge in [0.25, 0.3) is 5.91 Å². The Labute approximate surface area is 174 Å². The number of rotatable bonds is 4. The average Bonchev–Trinajstić information content (AvgIpc) is 3.24. The van der Waals surface area contributed by atoms with Crippen LogP contribution in [0.2, 0.25) is 0 Å². The van der Waals surface area contributed by atoms with Gasteiger partial charge >= 0.3 is 6.18 Å². The van der Waals surface area contributed by atoms with Gasteiger partial charge in [-0.15, -0.1) is 0 Å². The number of nitrogens with one attached hydrogen (secondary N) is 2. The first-order valence-corrected chi connectivity index (χ1v) is 9.57. The van der Waals surface area contributed by atoms with Gasteiger partial charge in [0, 0.05) is 30.9 Å². The van der Waals surface area contributed by atoms with Gasteiger partial charge in [-0.3, -0.25) is 4.79 Å². The van der Waals surface area contributed by atoms with Crippen molar-refractivity contribution in [2.24, 2.45) is 5.92 Å². The highest BCUT2D eigenvalue weighted by Crippen LogP contribution is 2.28. The van der Waals surface area contributed by atoms with E-state index in [0.29, 0.717) is 18.8 Å². The Kier molecular flexibility index (Phi) is 5.88. The second-order valence-corrected chi connectivity index (χ2v) is 7.14. The molecule has 0 saturated carbocycles. The van der Waals surface area contributed by atoms with Crippen molar-refractivity contribution in [2.45, 2.75) is 18.5 Å². The Morgan fingerprint density at radius 1 is 1.29 bits per heavy atom. The third-order valence-corrected chi connectivity index (χ3v) is 5.00. The first kappa shape index (κ1) is 21.2. The normalized spacial score (nSPS) is 24.0. The fourth-order valence-electron chi connectivity index (χ4n) is 3.38. The summed E-state index contributed by atoms with van der Waals surface area (Å²) < 4.78 is 59.3. The van der Waals surface area contributed by atoms with Gasteiger partial charge in [0.05, 0.1) is 36.4 Å². The van der Waals surface area contributed by atoms with Gasteiger partial charge in [-0.25, -0.2) is 14.1 Å². The first-order valence-electron chi connectivity index (χ1n) is 9.57. The van der Waals surface area contributed by atoms with Crippen molar-refractivity contribution in [3.8, 4) is 5.69 Å². The van der Waals surface area contributed by atoms with E-state index in [1.54, 1.807) is 12.2 Å². The van der Waals surface area contributed by atoms with Crippen LogP contribution in [-0.4, -0.2) is 52.6 Å². The third kappa shape index (κ3) is 4.83. The van der Waals surface area contributed by atoms with Crippen molar-refractivity contribution in [1.29, 1.82) is 0 Å². The number of carbonyl (C=O) groups excluding carboxylic acids is 1. The molecular formula is C20H19F4N5O2. The Bertz CT molecular complexity index is 994. The molecule has 2 unspecified atom stereocenters. The van der Waals surface area contributed by atoms with Crippen LogP contribution >= 0.6 is 0 Å². The summed E-state index contributed by atoms with van der Waals surface area (Å²) >= 11 is 0. The molecule has 0 spiro atoms. The summed E-state index contributed by atoms with van der Waals surface area (Å²) in [5, 5.41) is 9.74. The highest BCUT2D eigenvalue weighted by Gasteiger charge is 2.32. The predicted molar refractivity (Wildman–Crippen MR) is 102 cm³/mol. The molecule has 0 aromatic carbocycles. The SMILES string of the molecule is O=C(NC1=CC(F)C([C@H]2CNCCO2)C=C1)c1cnn(-c2ccc(C(F)(F)F)nc2)c1. The molecule has 1 fully saturated rings. The third-order valence-electron chi connectivity index (χ3n) is 5.00. The number of ether oxygens (including phenoxy) is 1. The number of aromatic nitrogens is 3. The van der Waals surface area contributed by atoms with E-state index >= 15 is 0 Å². The van der Waals surface area contributed by atoms with Crippen molar-refractivity contribution >= 4 is 5.91 Å². The molecule has 11 heteroatoms. The van der Waals surface area contributed by atoms with E-state index in [-0.39, 0.29) is 17.4 Å². The van der Waals surface area contributed by atoms with Crippen LogP contribution in [0.15, 0.2) is 54.6 Å². The van der Waals surface area contributed by atoms with E-state index < -0.39 is 29.9 Å². The van der Waals surface area contributed by atoms with E-state index in [2.05, 4.69) is 20.7 Å². The maximum absolute atomic E-state index is 14.6. The zero-order valence-electron chi connectivity index (χ0n) is 16.1. The van der Waals surface area contributed by atoms with Crippen molar-refractivity contribution in [2.75, 3.05) is 19.7 Å². The van der Waals surface area contributed by atoms with Gasteiger partial charge in [-0.05, 0) is 24.3 Å². The Morgan fingerprint density at radius 3 is 2.77 bits per heavy atom. The first-order chi connectivity index (χ1) is 14.8. The molecule has 164 valence electrons. The second-order valence-electron chi connectivity index (χ2n) is 7.14. The maximum atomic E-state index is 14.6. The summed E-state index contributed by atoms with van der Waals surface area (Å²) in [4.78, 5) is 15.8. The summed E-state index contributed by atoms with van der Waals surface area (Å²) in [5.41, 5.74) is -0.296. The molecule has 7 nitrogen and oxygen atoms in total. The molecule has 1 amide bonds. The molecule has 1 saturated heterocycles. The minimum absolute atomic E-state index is 0.159. The van der Waals surface area contributed by atoms with Crippen LogP contribution in [-0.2, 0) is 10.9 Å². The molecule has 3 heterocycles. The standard InChI is InChI=1S/C20H19F4N5O2/c21-16-7-13(1-3-15(16)17-10-25-5-6-31-17)28-19(30)12-8-27-29(11-12)14-2-4-18(26-9-14)20(22,23)24/h1-4,7-9,11,15-17,25H,5-6,10H2,(H,28,30)/t15?,16?,17-/m1/s1. The molecule has 3 atom stereocenters. The quantitative estimate of drug-likeness (QED) is 0.719. The van der Waals surface area contributed by atoms with Gasteiger partial charge in [0.1, 0.15) is 11.9 Å². The summed E-state index contributed by atoms with van der Waals surface area (Å²) in [6, 6.07) is 2.03. The lowest BCUT2D eigenvalue weighted by molar-refractivity contribution is -0.141. The number of hydrogen-bond acceptors (Lipinski definition) is 5. The van der Waals surface area contributed by atoms with Crippen molar-refractivity contribution < 1.29 is 27.1 Å². The van der Waals surface area contributed by atoms with E-state index in [1.807, 2.05) is 0 Å². The maximum Gasteiger partial charge on any atom is 0.433 e. The number of carbonyl (C=O) groups is 1. The molecule has 2 aliphatic rings. The Morgan fingerprint density at radius 2 is 2.13 bits per heavy atom. The predicted octanol–water partition coefficient (Wildman–Crippen LogP) is 2.41. The Hall–Kier alpha value is -3.05. The van der Waals surface area contributed by atoms with Gasteiger partial charge in [-0.2, -0.15) is 18.3 Å². The Balaban J connectivity index is 1.40. The molecule has 2 N–H and O–H groups in total. The fraction of sp³-hybridized carbons (Fsp3) is 0.350. The van der Waals surface area contributed by atoms with Crippen LogP contribution in [0.5, 0.6) is 0 Å². The minimum atomic E-state index is -4.54. The monoisotopic (exact) mass is 437 g/mol. The fourth-order valence-corrected chi connectivity index (χ4v) is 3.38. The number of allylic oxidation sites excluding steroid dienone is 2. The minimum Gasteiger partial charge on any atom is -0.375 e. The molecule has 0 radical (unpaired) electrons. The van der Waals surface area contributed by atoms with Crippen molar-refractivity contribution in [1.82, 2.24) is 25.4 Å². The van der Waals surface area contributed by atoms with Gasteiger partial charge in [0.2, 0.25) is 0 Å². The van der Waals surface area contributed by atoms with Crippen LogP contribution in [0.4, 0.5) is 17.6 Å².